The molecule has 1 atom stereocenters. The first-order valence-corrected chi connectivity index (χ1v) is 8.32. The van der Waals surface area contributed by atoms with Crippen molar-refractivity contribution in [1.29, 1.82) is 0 Å². The first-order chi connectivity index (χ1) is 12.1. The van der Waals surface area contributed by atoms with Crippen LogP contribution in [0.1, 0.15) is 23.8 Å². The standard InChI is InChI=1S/C17H23FN6O/c1-11-12(2)25-15(22-11)9-21-17(19-3)23-13-6-8-24(10-13)16-14(18)5-4-7-20-16/h4-5,7,13H,6,8-10H2,1-3H3,(H2,19,21,23). The summed E-state index contributed by atoms with van der Waals surface area (Å²) in [6, 6.07) is 3.20. The summed E-state index contributed by atoms with van der Waals surface area (Å²) in [4.78, 5) is 14.7. The first-order valence-electron chi connectivity index (χ1n) is 8.32. The molecule has 1 fully saturated rings. The van der Waals surface area contributed by atoms with Crippen LogP contribution in [0.2, 0.25) is 0 Å². The Morgan fingerprint density at radius 1 is 1.48 bits per heavy atom. The van der Waals surface area contributed by atoms with Gasteiger partial charge in [-0.25, -0.2) is 14.4 Å². The third-order valence-electron chi connectivity index (χ3n) is 4.27. The molecule has 3 heterocycles. The quantitative estimate of drug-likeness (QED) is 0.649. The molecule has 7 nitrogen and oxygen atoms in total. The first kappa shape index (κ1) is 17.2. The second-order valence-corrected chi connectivity index (χ2v) is 6.06. The van der Waals surface area contributed by atoms with Crippen LogP contribution in [0.4, 0.5) is 10.2 Å². The van der Waals surface area contributed by atoms with Crippen molar-refractivity contribution >= 4 is 11.8 Å². The Kier molecular flexibility index (Phi) is 5.16. The van der Waals surface area contributed by atoms with Crippen molar-refractivity contribution in [3.63, 3.8) is 0 Å². The number of hydrogen-bond donors (Lipinski definition) is 2. The molecule has 0 saturated carbocycles. The van der Waals surface area contributed by atoms with Gasteiger partial charge in [0.2, 0.25) is 5.89 Å². The van der Waals surface area contributed by atoms with Crippen molar-refractivity contribution in [1.82, 2.24) is 20.6 Å². The maximum atomic E-state index is 13.9. The molecule has 0 aliphatic carbocycles. The van der Waals surface area contributed by atoms with E-state index in [9.17, 15) is 4.39 Å². The number of halogens is 1. The summed E-state index contributed by atoms with van der Waals surface area (Å²) < 4.78 is 19.4. The lowest BCUT2D eigenvalue weighted by Crippen LogP contribution is -2.44. The topological polar surface area (TPSA) is 78.6 Å². The number of nitrogens with one attached hydrogen (secondary N) is 2. The molecule has 3 rings (SSSR count). The average molecular weight is 346 g/mol. The number of aromatic nitrogens is 2. The molecule has 2 N–H and O–H groups in total. The molecule has 0 spiro atoms. The van der Waals surface area contributed by atoms with Crippen LogP contribution >= 0.6 is 0 Å². The summed E-state index contributed by atoms with van der Waals surface area (Å²) in [6.45, 7) is 5.69. The van der Waals surface area contributed by atoms with E-state index in [0.29, 0.717) is 30.8 Å². The molecule has 2 aromatic heterocycles. The van der Waals surface area contributed by atoms with Crippen molar-refractivity contribution in [2.45, 2.75) is 32.9 Å². The van der Waals surface area contributed by atoms with Gasteiger partial charge in [0.05, 0.1) is 12.2 Å². The Labute approximate surface area is 146 Å². The lowest BCUT2D eigenvalue weighted by Gasteiger charge is -2.19. The zero-order chi connectivity index (χ0) is 17.8. The Bertz CT molecular complexity index is 740. The molecule has 0 amide bonds. The van der Waals surface area contributed by atoms with Crippen LogP contribution in [0.15, 0.2) is 27.7 Å². The summed E-state index contributed by atoms with van der Waals surface area (Å²) in [5.41, 5.74) is 0.892. The van der Waals surface area contributed by atoms with Gasteiger partial charge in [-0.3, -0.25) is 4.99 Å². The lowest BCUT2D eigenvalue weighted by atomic mass is 10.3. The number of hydrogen-bond acceptors (Lipinski definition) is 5. The van der Waals surface area contributed by atoms with Crippen molar-refractivity contribution < 1.29 is 8.81 Å². The highest BCUT2D eigenvalue weighted by molar-refractivity contribution is 5.80. The highest BCUT2D eigenvalue weighted by Gasteiger charge is 2.26. The molecule has 134 valence electrons. The monoisotopic (exact) mass is 346 g/mol. The van der Waals surface area contributed by atoms with E-state index in [1.54, 1.807) is 19.3 Å². The van der Waals surface area contributed by atoms with Crippen LogP contribution in [0, 0.1) is 19.7 Å². The van der Waals surface area contributed by atoms with Crippen LogP contribution in [-0.2, 0) is 6.54 Å². The summed E-state index contributed by atoms with van der Waals surface area (Å²) in [5, 5.41) is 6.55. The number of pyridine rings is 1. The van der Waals surface area contributed by atoms with Gasteiger partial charge in [-0.05, 0) is 32.4 Å². The Morgan fingerprint density at radius 2 is 2.32 bits per heavy atom. The van der Waals surface area contributed by atoms with Gasteiger partial charge >= 0.3 is 0 Å². The molecule has 1 aliphatic heterocycles. The maximum Gasteiger partial charge on any atom is 0.214 e. The van der Waals surface area contributed by atoms with Gasteiger partial charge in [-0.15, -0.1) is 0 Å². The Morgan fingerprint density at radius 3 is 3.00 bits per heavy atom. The number of aryl methyl sites for hydroxylation is 2. The van der Waals surface area contributed by atoms with Gasteiger partial charge in [-0.1, -0.05) is 0 Å². The molecule has 1 aliphatic rings. The second kappa shape index (κ2) is 7.50. The number of anilines is 1. The number of nitrogens with zero attached hydrogens (tertiary/aromatic N) is 4. The van der Waals surface area contributed by atoms with E-state index < -0.39 is 0 Å². The van der Waals surface area contributed by atoms with Gasteiger partial charge in [0.15, 0.2) is 17.6 Å². The van der Waals surface area contributed by atoms with E-state index in [2.05, 4.69) is 25.6 Å². The smallest absolute Gasteiger partial charge is 0.214 e. The van der Waals surface area contributed by atoms with Crippen LogP contribution in [0.5, 0.6) is 0 Å². The average Bonchev–Trinajstić information content (AvgIpc) is 3.19. The van der Waals surface area contributed by atoms with Crippen LogP contribution < -0.4 is 15.5 Å². The predicted octanol–water partition coefficient (Wildman–Crippen LogP) is 1.77. The van der Waals surface area contributed by atoms with Gasteiger partial charge in [-0.2, -0.15) is 0 Å². The van der Waals surface area contributed by atoms with Crippen LogP contribution in [0.25, 0.3) is 0 Å². The Balaban J connectivity index is 1.53. The number of oxazole rings is 1. The highest BCUT2D eigenvalue weighted by Crippen LogP contribution is 2.20. The molecule has 2 aromatic rings. The van der Waals surface area contributed by atoms with E-state index in [1.165, 1.54) is 6.07 Å². The summed E-state index contributed by atoms with van der Waals surface area (Å²) >= 11 is 0. The van der Waals surface area contributed by atoms with Crippen molar-refractivity contribution in [2.75, 3.05) is 25.0 Å². The van der Waals surface area contributed by atoms with Gasteiger partial charge in [0.25, 0.3) is 0 Å². The molecular formula is C17H23FN6O. The third kappa shape index (κ3) is 4.07. The molecule has 1 unspecified atom stereocenters. The summed E-state index contributed by atoms with van der Waals surface area (Å²) in [5.74, 6) is 2.23. The van der Waals surface area contributed by atoms with Crippen molar-refractivity contribution in [3.05, 3.63) is 41.5 Å². The zero-order valence-electron chi connectivity index (χ0n) is 14.7. The third-order valence-corrected chi connectivity index (χ3v) is 4.27. The second-order valence-electron chi connectivity index (χ2n) is 6.06. The summed E-state index contributed by atoms with van der Waals surface area (Å²) in [7, 11) is 1.71. The normalized spacial score (nSPS) is 17.8. The van der Waals surface area contributed by atoms with Crippen LogP contribution in [0.3, 0.4) is 0 Å². The number of aliphatic imine (C=N–C) groups is 1. The van der Waals surface area contributed by atoms with E-state index in [0.717, 1.165) is 24.4 Å². The van der Waals surface area contributed by atoms with Crippen molar-refractivity contribution in [3.8, 4) is 0 Å². The molecule has 25 heavy (non-hydrogen) atoms. The molecular weight excluding hydrogens is 323 g/mol. The van der Waals surface area contributed by atoms with Crippen LogP contribution in [-0.4, -0.2) is 42.1 Å². The zero-order valence-corrected chi connectivity index (χ0v) is 14.7. The molecule has 8 heteroatoms. The SMILES string of the molecule is CN=C(NCc1nc(C)c(C)o1)NC1CCN(c2ncccc2F)C1. The molecule has 0 bridgehead atoms. The minimum absolute atomic E-state index is 0.167. The van der Waals surface area contributed by atoms with E-state index in [-0.39, 0.29) is 11.9 Å². The number of guanidine groups is 1. The van der Waals surface area contributed by atoms with Gasteiger partial charge in [0, 0.05) is 32.4 Å². The fraction of sp³-hybridized carbons (Fsp3) is 0.471. The largest absolute Gasteiger partial charge is 0.444 e. The molecule has 1 saturated heterocycles. The fourth-order valence-electron chi connectivity index (χ4n) is 2.84. The predicted molar refractivity (Wildman–Crippen MR) is 94.1 cm³/mol. The fourth-order valence-corrected chi connectivity index (χ4v) is 2.84. The molecule has 0 radical (unpaired) electrons. The maximum absolute atomic E-state index is 13.9. The minimum atomic E-state index is -0.291. The highest BCUT2D eigenvalue weighted by atomic mass is 19.1. The van der Waals surface area contributed by atoms with E-state index in [4.69, 9.17) is 4.42 Å². The van der Waals surface area contributed by atoms with Gasteiger partial charge in [0.1, 0.15) is 5.76 Å². The lowest BCUT2D eigenvalue weighted by molar-refractivity contribution is 0.463. The van der Waals surface area contributed by atoms with Gasteiger partial charge < -0.3 is 20.0 Å². The molecule has 0 aromatic carbocycles. The van der Waals surface area contributed by atoms with E-state index in [1.807, 2.05) is 18.7 Å². The van der Waals surface area contributed by atoms with E-state index >= 15 is 0 Å². The Hall–Kier alpha value is -2.64. The minimum Gasteiger partial charge on any atom is -0.444 e. The number of rotatable bonds is 4. The summed E-state index contributed by atoms with van der Waals surface area (Å²) in [6.07, 6.45) is 2.49. The van der Waals surface area contributed by atoms with Crippen molar-refractivity contribution in [2.24, 2.45) is 4.99 Å².